The van der Waals surface area contributed by atoms with Gasteiger partial charge in [0.25, 0.3) is 0 Å². The zero-order chi connectivity index (χ0) is 15.1. The van der Waals surface area contributed by atoms with Crippen LogP contribution in [0.4, 0.5) is 0 Å². The van der Waals surface area contributed by atoms with E-state index in [1.807, 2.05) is 13.8 Å². The Hall–Kier alpha value is -0.610. The monoisotopic (exact) mass is 287 g/mol. The highest BCUT2D eigenvalue weighted by Gasteiger charge is 2.17. The minimum Gasteiger partial charge on any atom is -0.465 e. The Kier molecular flexibility index (Phi) is 14.3. The molecule has 0 aliphatic carbocycles. The van der Waals surface area contributed by atoms with Crippen molar-refractivity contribution >= 4 is 5.97 Å². The molecule has 0 bridgehead atoms. The molecule has 4 heteroatoms. The summed E-state index contributed by atoms with van der Waals surface area (Å²) in [6.45, 7) is 8.66. The number of hydrogen-bond acceptors (Lipinski definition) is 4. The van der Waals surface area contributed by atoms with Crippen molar-refractivity contribution < 1.29 is 14.3 Å². The van der Waals surface area contributed by atoms with Gasteiger partial charge in [-0.2, -0.15) is 0 Å². The van der Waals surface area contributed by atoms with Crippen molar-refractivity contribution in [2.75, 3.05) is 26.4 Å². The zero-order valence-corrected chi connectivity index (χ0v) is 13.6. The van der Waals surface area contributed by atoms with Crippen molar-refractivity contribution in [1.29, 1.82) is 0 Å². The summed E-state index contributed by atoms with van der Waals surface area (Å²) in [7, 11) is 0. The molecule has 1 atom stereocenters. The second-order valence-corrected chi connectivity index (χ2v) is 5.03. The summed E-state index contributed by atoms with van der Waals surface area (Å²) in [5, 5.41) is 3.14. The van der Waals surface area contributed by atoms with E-state index in [-0.39, 0.29) is 12.0 Å². The highest BCUT2D eigenvalue weighted by Crippen LogP contribution is 2.05. The van der Waals surface area contributed by atoms with Gasteiger partial charge in [0.1, 0.15) is 6.04 Å². The van der Waals surface area contributed by atoms with Crippen molar-refractivity contribution in [1.82, 2.24) is 5.32 Å². The summed E-state index contributed by atoms with van der Waals surface area (Å²) < 4.78 is 10.6. The third kappa shape index (κ3) is 11.2. The summed E-state index contributed by atoms with van der Waals surface area (Å²) in [4.78, 5) is 11.7. The van der Waals surface area contributed by atoms with Gasteiger partial charge in [-0.1, -0.05) is 46.0 Å². The predicted molar refractivity (Wildman–Crippen MR) is 82.9 cm³/mol. The fourth-order valence-electron chi connectivity index (χ4n) is 2.08. The first kappa shape index (κ1) is 19.4. The molecule has 120 valence electrons. The molecule has 0 spiro atoms. The number of hydrogen-bond donors (Lipinski definition) is 1. The van der Waals surface area contributed by atoms with Crippen molar-refractivity contribution in [2.24, 2.45) is 0 Å². The Morgan fingerprint density at radius 3 is 2.35 bits per heavy atom. The molecule has 4 nitrogen and oxygen atoms in total. The summed E-state index contributed by atoms with van der Waals surface area (Å²) in [6.07, 6.45) is 8.31. The number of carbonyl (C=O) groups excluding carboxylic acids is 1. The van der Waals surface area contributed by atoms with Crippen LogP contribution in [0, 0.1) is 0 Å². The Labute approximate surface area is 124 Å². The Morgan fingerprint density at radius 2 is 1.70 bits per heavy atom. The third-order valence-electron chi connectivity index (χ3n) is 3.21. The summed E-state index contributed by atoms with van der Waals surface area (Å²) >= 11 is 0. The Bertz CT molecular complexity index is 222. The lowest BCUT2D eigenvalue weighted by atomic mass is 10.1. The Balaban J connectivity index is 3.51. The van der Waals surface area contributed by atoms with Crippen molar-refractivity contribution in [2.45, 2.75) is 71.8 Å². The average molecular weight is 287 g/mol. The van der Waals surface area contributed by atoms with E-state index >= 15 is 0 Å². The van der Waals surface area contributed by atoms with Gasteiger partial charge in [-0.05, 0) is 26.3 Å². The van der Waals surface area contributed by atoms with Crippen LogP contribution in [0.25, 0.3) is 0 Å². The molecular weight excluding hydrogens is 254 g/mol. The van der Waals surface area contributed by atoms with E-state index in [1.165, 1.54) is 32.1 Å². The molecule has 0 aliphatic heterocycles. The Morgan fingerprint density at radius 1 is 1.00 bits per heavy atom. The number of esters is 1. The number of nitrogens with one attached hydrogen (secondary N) is 1. The number of likely N-dealkylation sites (N-methyl/N-ethyl adjacent to an activating group) is 1. The topological polar surface area (TPSA) is 47.6 Å². The largest absolute Gasteiger partial charge is 0.465 e. The smallest absolute Gasteiger partial charge is 0.323 e. The molecule has 0 heterocycles. The van der Waals surface area contributed by atoms with Crippen LogP contribution >= 0.6 is 0 Å². The molecule has 0 aromatic heterocycles. The van der Waals surface area contributed by atoms with Gasteiger partial charge in [0.15, 0.2) is 0 Å². The predicted octanol–water partition coefficient (Wildman–Crippen LogP) is 3.29. The maximum atomic E-state index is 11.7. The lowest BCUT2D eigenvalue weighted by molar-refractivity contribution is -0.146. The summed E-state index contributed by atoms with van der Waals surface area (Å²) in [6, 6.07) is -0.232. The van der Waals surface area contributed by atoms with Gasteiger partial charge in [-0.15, -0.1) is 0 Å². The lowest BCUT2D eigenvalue weighted by Gasteiger charge is -2.16. The molecule has 1 unspecified atom stereocenters. The molecule has 0 fully saturated rings. The maximum absolute atomic E-state index is 11.7. The van der Waals surface area contributed by atoms with Crippen LogP contribution in [0.15, 0.2) is 0 Å². The van der Waals surface area contributed by atoms with Crippen molar-refractivity contribution in [3.8, 4) is 0 Å². The van der Waals surface area contributed by atoms with Crippen LogP contribution in [0.1, 0.15) is 65.7 Å². The molecule has 0 saturated heterocycles. The van der Waals surface area contributed by atoms with E-state index in [9.17, 15) is 4.79 Å². The average Bonchev–Trinajstić information content (AvgIpc) is 2.44. The first-order chi connectivity index (χ1) is 9.76. The third-order valence-corrected chi connectivity index (χ3v) is 3.21. The van der Waals surface area contributed by atoms with E-state index in [0.717, 1.165) is 19.6 Å². The number of rotatable bonds is 14. The standard InChI is InChI=1S/C16H33NO3/c1-4-7-8-9-10-11-13-19-14-12-15(17-5-2)16(18)20-6-3/h15,17H,4-14H2,1-3H3. The van der Waals surface area contributed by atoms with Crippen LogP contribution in [-0.4, -0.2) is 38.4 Å². The lowest BCUT2D eigenvalue weighted by Crippen LogP contribution is -2.38. The summed E-state index contributed by atoms with van der Waals surface area (Å²) in [5.41, 5.74) is 0. The summed E-state index contributed by atoms with van der Waals surface area (Å²) in [5.74, 6) is -0.169. The van der Waals surface area contributed by atoms with Crippen LogP contribution in [0.2, 0.25) is 0 Å². The van der Waals surface area contributed by atoms with Crippen LogP contribution in [-0.2, 0) is 14.3 Å². The van der Waals surface area contributed by atoms with E-state index in [2.05, 4.69) is 12.2 Å². The van der Waals surface area contributed by atoms with Gasteiger partial charge in [0.05, 0.1) is 6.61 Å². The van der Waals surface area contributed by atoms with Gasteiger partial charge in [0.2, 0.25) is 0 Å². The zero-order valence-electron chi connectivity index (χ0n) is 13.6. The first-order valence-corrected chi connectivity index (χ1v) is 8.23. The fourth-order valence-corrected chi connectivity index (χ4v) is 2.08. The van der Waals surface area contributed by atoms with Crippen molar-refractivity contribution in [3.05, 3.63) is 0 Å². The molecule has 0 amide bonds. The number of unbranched alkanes of at least 4 members (excludes halogenated alkanes) is 5. The molecule has 0 rings (SSSR count). The van der Waals surface area contributed by atoms with E-state index in [0.29, 0.717) is 19.6 Å². The highest BCUT2D eigenvalue weighted by molar-refractivity contribution is 5.75. The molecule has 0 aromatic carbocycles. The van der Waals surface area contributed by atoms with Gasteiger partial charge >= 0.3 is 5.97 Å². The first-order valence-electron chi connectivity index (χ1n) is 8.23. The quantitative estimate of drug-likeness (QED) is 0.393. The van der Waals surface area contributed by atoms with Crippen LogP contribution in [0.3, 0.4) is 0 Å². The van der Waals surface area contributed by atoms with Crippen LogP contribution < -0.4 is 5.32 Å². The van der Waals surface area contributed by atoms with E-state index < -0.39 is 0 Å². The normalized spacial score (nSPS) is 12.3. The minimum atomic E-state index is -0.232. The van der Waals surface area contributed by atoms with Gasteiger partial charge < -0.3 is 14.8 Å². The maximum Gasteiger partial charge on any atom is 0.323 e. The number of ether oxygens (including phenoxy) is 2. The van der Waals surface area contributed by atoms with Gasteiger partial charge in [-0.25, -0.2) is 0 Å². The highest BCUT2D eigenvalue weighted by atomic mass is 16.5. The number of carbonyl (C=O) groups is 1. The molecule has 0 radical (unpaired) electrons. The van der Waals surface area contributed by atoms with Gasteiger partial charge in [0, 0.05) is 13.2 Å². The van der Waals surface area contributed by atoms with Crippen LogP contribution in [0.5, 0.6) is 0 Å². The molecule has 20 heavy (non-hydrogen) atoms. The van der Waals surface area contributed by atoms with Crippen molar-refractivity contribution in [3.63, 3.8) is 0 Å². The molecule has 0 saturated carbocycles. The minimum absolute atomic E-state index is 0.169. The molecule has 0 aromatic rings. The SMILES string of the molecule is CCCCCCCCOCCC(NCC)C(=O)OCC. The fraction of sp³-hybridized carbons (Fsp3) is 0.938. The van der Waals surface area contributed by atoms with E-state index in [1.54, 1.807) is 0 Å². The molecule has 0 aliphatic rings. The second-order valence-electron chi connectivity index (χ2n) is 5.03. The van der Waals surface area contributed by atoms with Gasteiger partial charge in [-0.3, -0.25) is 4.79 Å². The molecule has 1 N–H and O–H groups in total. The van der Waals surface area contributed by atoms with E-state index in [4.69, 9.17) is 9.47 Å². The second kappa shape index (κ2) is 14.8. The molecular formula is C16H33NO3.